The number of benzene rings is 1. The van der Waals surface area contributed by atoms with Crippen LogP contribution in [0.25, 0.3) is 10.4 Å². The van der Waals surface area contributed by atoms with Gasteiger partial charge in [0.1, 0.15) is 4.88 Å². The molecule has 126 valence electrons. The lowest BCUT2D eigenvalue weighted by molar-refractivity contribution is 0.0959. The van der Waals surface area contributed by atoms with Crippen LogP contribution in [0.2, 0.25) is 5.02 Å². The van der Waals surface area contributed by atoms with Gasteiger partial charge in [-0.15, -0.1) is 11.3 Å². The highest BCUT2D eigenvalue weighted by atomic mass is 35.5. The maximum Gasteiger partial charge on any atom is 0.283 e. The molecule has 2 aromatic heterocycles. The van der Waals surface area contributed by atoms with E-state index in [1.807, 2.05) is 24.3 Å². The summed E-state index contributed by atoms with van der Waals surface area (Å²) in [6.45, 7) is 1.80. The number of amides is 1. The van der Waals surface area contributed by atoms with Crippen LogP contribution < -0.4 is 11.2 Å². The van der Waals surface area contributed by atoms with Crippen molar-refractivity contribution in [2.24, 2.45) is 5.10 Å². The molecule has 1 aromatic carbocycles. The fourth-order valence-electron chi connectivity index (χ4n) is 2.17. The number of pyridine rings is 1. The van der Waals surface area contributed by atoms with E-state index in [1.54, 1.807) is 37.5 Å². The third-order valence-corrected chi connectivity index (χ3v) is 4.95. The second kappa shape index (κ2) is 7.46. The Hall–Kier alpha value is -2.70. The third kappa shape index (κ3) is 4.04. The quantitative estimate of drug-likeness (QED) is 0.533. The number of thiophene rings is 1. The summed E-state index contributed by atoms with van der Waals surface area (Å²) in [7, 11) is 0. The molecule has 0 bridgehead atoms. The highest BCUT2D eigenvalue weighted by Crippen LogP contribution is 2.33. The van der Waals surface area contributed by atoms with Gasteiger partial charge in [0.05, 0.1) is 11.4 Å². The van der Waals surface area contributed by atoms with E-state index in [-0.39, 0.29) is 5.91 Å². The molecule has 0 atom stereocenters. The van der Waals surface area contributed by atoms with Crippen LogP contribution in [0.4, 0.5) is 5.69 Å². The predicted octanol–water partition coefficient (Wildman–Crippen LogP) is 4.20. The van der Waals surface area contributed by atoms with Gasteiger partial charge in [-0.3, -0.25) is 9.78 Å². The Balaban J connectivity index is 1.78. The minimum Gasteiger partial charge on any atom is -0.397 e. The van der Waals surface area contributed by atoms with Gasteiger partial charge in [-0.1, -0.05) is 29.8 Å². The Morgan fingerprint density at radius 2 is 2.04 bits per heavy atom. The monoisotopic (exact) mass is 370 g/mol. The van der Waals surface area contributed by atoms with Gasteiger partial charge in [0.25, 0.3) is 5.91 Å². The van der Waals surface area contributed by atoms with E-state index >= 15 is 0 Å². The van der Waals surface area contributed by atoms with Crippen LogP contribution in [0, 0.1) is 0 Å². The molecule has 0 unspecified atom stereocenters. The number of aromatic nitrogens is 1. The molecule has 0 aliphatic heterocycles. The molecule has 3 rings (SSSR count). The van der Waals surface area contributed by atoms with Crippen molar-refractivity contribution in [2.45, 2.75) is 6.92 Å². The molecule has 3 aromatic rings. The molecule has 0 saturated carbocycles. The summed E-state index contributed by atoms with van der Waals surface area (Å²) in [6.07, 6.45) is 3.36. The summed E-state index contributed by atoms with van der Waals surface area (Å²) in [5.41, 5.74) is 11.4. The normalized spacial score (nSPS) is 11.4. The summed E-state index contributed by atoms with van der Waals surface area (Å²) < 4.78 is 0. The van der Waals surface area contributed by atoms with E-state index in [4.69, 9.17) is 17.3 Å². The summed E-state index contributed by atoms with van der Waals surface area (Å²) in [4.78, 5) is 17.7. The van der Waals surface area contributed by atoms with Crippen LogP contribution in [-0.2, 0) is 0 Å². The minimum absolute atomic E-state index is 0.342. The number of hydrogen-bond donors (Lipinski definition) is 2. The van der Waals surface area contributed by atoms with E-state index in [1.165, 1.54) is 11.3 Å². The first-order valence-electron chi connectivity index (χ1n) is 7.45. The second-order valence-corrected chi connectivity index (χ2v) is 6.77. The Labute approximate surface area is 154 Å². The van der Waals surface area contributed by atoms with Crippen molar-refractivity contribution in [3.05, 3.63) is 70.3 Å². The number of rotatable bonds is 4. The van der Waals surface area contributed by atoms with E-state index in [2.05, 4.69) is 15.5 Å². The minimum atomic E-state index is -0.342. The molecule has 25 heavy (non-hydrogen) atoms. The Kier molecular flexibility index (Phi) is 5.11. The molecule has 5 nitrogen and oxygen atoms in total. The van der Waals surface area contributed by atoms with E-state index in [0.717, 1.165) is 16.0 Å². The van der Waals surface area contributed by atoms with Gasteiger partial charge >= 0.3 is 0 Å². The molecule has 3 N–H and O–H groups in total. The van der Waals surface area contributed by atoms with Gasteiger partial charge in [0, 0.05) is 27.9 Å². The van der Waals surface area contributed by atoms with Crippen LogP contribution >= 0.6 is 22.9 Å². The number of hydrazone groups is 1. The lowest BCUT2D eigenvalue weighted by Gasteiger charge is -2.02. The van der Waals surface area contributed by atoms with Crippen LogP contribution in [0.1, 0.15) is 22.2 Å². The number of nitrogens with two attached hydrogens (primary N) is 1. The van der Waals surface area contributed by atoms with Gasteiger partial charge in [-0.05, 0) is 36.8 Å². The number of hydrogen-bond acceptors (Lipinski definition) is 5. The molecule has 0 fully saturated rings. The maximum absolute atomic E-state index is 12.4. The Bertz CT molecular complexity index is 920. The number of halogens is 1. The first kappa shape index (κ1) is 17.1. The molecule has 1 amide bonds. The highest BCUT2D eigenvalue weighted by Gasteiger charge is 2.15. The third-order valence-electron chi connectivity index (χ3n) is 3.50. The number of nitrogen functional groups attached to an aromatic ring is 1. The number of nitrogens with one attached hydrogen (secondary N) is 1. The fourth-order valence-corrected chi connectivity index (χ4v) is 3.27. The topological polar surface area (TPSA) is 80.4 Å². The van der Waals surface area contributed by atoms with Gasteiger partial charge < -0.3 is 5.73 Å². The average molecular weight is 371 g/mol. The summed E-state index contributed by atoms with van der Waals surface area (Å²) >= 11 is 7.22. The lowest BCUT2D eigenvalue weighted by atomic mass is 10.2. The van der Waals surface area contributed by atoms with E-state index in [9.17, 15) is 4.79 Å². The molecule has 2 heterocycles. The zero-order valence-corrected chi connectivity index (χ0v) is 14.9. The van der Waals surface area contributed by atoms with E-state index in [0.29, 0.717) is 21.3 Å². The average Bonchev–Trinajstić information content (AvgIpc) is 3.02. The SMILES string of the molecule is C/C(=N/NC(=O)c1sc(-c2ccc(Cl)cc2)cc1N)c1cccnc1. The van der Waals surface area contributed by atoms with Crippen molar-refractivity contribution in [3.8, 4) is 10.4 Å². The molecule has 7 heteroatoms. The van der Waals surface area contributed by atoms with Crippen LogP contribution in [-0.4, -0.2) is 16.6 Å². The molecule has 0 spiro atoms. The fraction of sp³-hybridized carbons (Fsp3) is 0.0556. The lowest BCUT2D eigenvalue weighted by Crippen LogP contribution is -2.19. The van der Waals surface area contributed by atoms with Crippen molar-refractivity contribution in [1.29, 1.82) is 0 Å². The van der Waals surface area contributed by atoms with Gasteiger partial charge in [0.2, 0.25) is 0 Å². The second-order valence-electron chi connectivity index (χ2n) is 5.28. The summed E-state index contributed by atoms with van der Waals surface area (Å²) in [5.74, 6) is -0.342. The van der Waals surface area contributed by atoms with Crippen molar-refractivity contribution < 1.29 is 4.79 Å². The van der Waals surface area contributed by atoms with Gasteiger partial charge in [-0.25, -0.2) is 5.43 Å². The Morgan fingerprint density at radius 1 is 1.28 bits per heavy atom. The molecule has 0 saturated heterocycles. The molecular weight excluding hydrogens is 356 g/mol. The largest absolute Gasteiger partial charge is 0.397 e. The van der Waals surface area contributed by atoms with Crippen LogP contribution in [0.3, 0.4) is 0 Å². The van der Waals surface area contributed by atoms with Crippen molar-refractivity contribution >= 4 is 40.2 Å². The molecule has 0 aliphatic rings. The summed E-state index contributed by atoms with van der Waals surface area (Å²) in [6, 6.07) is 12.8. The zero-order valence-electron chi connectivity index (χ0n) is 13.4. The van der Waals surface area contributed by atoms with Crippen molar-refractivity contribution in [3.63, 3.8) is 0 Å². The van der Waals surface area contributed by atoms with Crippen molar-refractivity contribution in [2.75, 3.05) is 5.73 Å². The van der Waals surface area contributed by atoms with E-state index < -0.39 is 0 Å². The maximum atomic E-state index is 12.4. The number of anilines is 1. The zero-order chi connectivity index (χ0) is 17.8. The van der Waals surface area contributed by atoms with Crippen LogP contribution in [0.5, 0.6) is 0 Å². The highest BCUT2D eigenvalue weighted by molar-refractivity contribution is 7.18. The first-order chi connectivity index (χ1) is 12.0. The van der Waals surface area contributed by atoms with Crippen LogP contribution in [0.15, 0.2) is 60.0 Å². The smallest absolute Gasteiger partial charge is 0.283 e. The molecule has 0 aliphatic carbocycles. The Morgan fingerprint density at radius 3 is 2.72 bits per heavy atom. The molecule has 0 radical (unpaired) electrons. The standard InChI is InChI=1S/C18H15ClN4OS/c1-11(13-3-2-8-21-10-13)22-23-18(24)17-15(20)9-16(25-17)12-4-6-14(19)7-5-12/h2-10H,20H2,1H3,(H,23,24)/b22-11-. The number of nitrogens with zero attached hydrogens (tertiary/aromatic N) is 2. The summed E-state index contributed by atoms with van der Waals surface area (Å²) in [5, 5.41) is 4.77. The number of carbonyl (C=O) groups is 1. The number of carbonyl (C=O) groups excluding carboxylic acids is 1. The van der Waals surface area contributed by atoms with Crippen molar-refractivity contribution in [1.82, 2.24) is 10.4 Å². The van der Waals surface area contributed by atoms with Gasteiger partial charge in [-0.2, -0.15) is 5.10 Å². The predicted molar refractivity (Wildman–Crippen MR) is 103 cm³/mol. The molecular formula is C18H15ClN4OS. The van der Waals surface area contributed by atoms with Gasteiger partial charge in [0.15, 0.2) is 0 Å². The first-order valence-corrected chi connectivity index (χ1v) is 8.64.